The molecule has 0 saturated heterocycles. The van der Waals surface area contributed by atoms with Gasteiger partial charge in [0, 0.05) is 12.5 Å². The summed E-state index contributed by atoms with van der Waals surface area (Å²) in [5.41, 5.74) is -1.68. The van der Waals surface area contributed by atoms with Crippen molar-refractivity contribution in [3.63, 3.8) is 0 Å². The van der Waals surface area contributed by atoms with Gasteiger partial charge in [-0.15, -0.1) is 0 Å². The Labute approximate surface area is 86.7 Å². The fourth-order valence-electron chi connectivity index (χ4n) is 1.20. The van der Waals surface area contributed by atoms with Crippen molar-refractivity contribution < 1.29 is 24.5 Å². The first-order valence-corrected chi connectivity index (χ1v) is 4.37. The number of hydrogen-bond acceptors (Lipinski definition) is 5. The van der Waals surface area contributed by atoms with Gasteiger partial charge in [0.1, 0.15) is 5.60 Å². The third-order valence-corrected chi connectivity index (χ3v) is 2.15. The van der Waals surface area contributed by atoms with Crippen molar-refractivity contribution in [1.82, 2.24) is 0 Å². The molecule has 0 spiro atoms. The molecule has 0 unspecified atom stereocenters. The van der Waals surface area contributed by atoms with Crippen LogP contribution in [0, 0.1) is 0 Å². The molecular formula is C10H12O5. The van der Waals surface area contributed by atoms with E-state index in [4.69, 9.17) is 0 Å². The minimum Gasteiger partial charge on any atom is -0.466 e. The molecule has 0 amide bonds. The summed E-state index contributed by atoms with van der Waals surface area (Å²) in [5, 5.41) is 19.3. The van der Waals surface area contributed by atoms with E-state index >= 15 is 0 Å². The second kappa shape index (κ2) is 4.37. The van der Waals surface area contributed by atoms with Crippen molar-refractivity contribution in [2.24, 2.45) is 0 Å². The predicted molar refractivity (Wildman–Crippen MR) is 50.9 cm³/mol. The topological polar surface area (TPSA) is 83.8 Å². The van der Waals surface area contributed by atoms with Gasteiger partial charge >= 0.3 is 5.97 Å². The van der Waals surface area contributed by atoms with E-state index in [1.54, 1.807) is 0 Å². The maximum atomic E-state index is 10.9. The Morgan fingerprint density at radius 2 is 2.40 bits per heavy atom. The van der Waals surface area contributed by atoms with E-state index in [-0.39, 0.29) is 12.2 Å². The number of hydrogen-bond donors (Lipinski definition) is 2. The molecule has 0 heterocycles. The molecule has 1 aliphatic rings. The van der Waals surface area contributed by atoms with Crippen LogP contribution in [0.2, 0.25) is 0 Å². The molecule has 0 aromatic heterocycles. The zero-order chi connectivity index (χ0) is 11.5. The zero-order valence-electron chi connectivity index (χ0n) is 8.21. The predicted octanol–water partition coefficient (Wildman–Crippen LogP) is -0.663. The zero-order valence-corrected chi connectivity index (χ0v) is 8.21. The summed E-state index contributed by atoms with van der Waals surface area (Å²) in [6.45, 7) is 0. The first kappa shape index (κ1) is 11.6. The molecule has 2 atom stereocenters. The van der Waals surface area contributed by atoms with Crippen LogP contribution in [0.4, 0.5) is 0 Å². The van der Waals surface area contributed by atoms with Gasteiger partial charge in [-0.3, -0.25) is 4.79 Å². The molecule has 1 aliphatic carbocycles. The number of esters is 1. The van der Waals surface area contributed by atoms with Crippen molar-refractivity contribution >= 4 is 11.8 Å². The fourth-order valence-corrected chi connectivity index (χ4v) is 1.20. The van der Waals surface area contributed by atoms with Crippen molar-refractivity contribution in [2.45, 2.75) is 18.1 Å². The quantitative estimate of drug-likeness (QED) is 0.469. The summed E-state index contributed by atoms with van der Waals surface area (Å²) in [4.78, 5) is 21.7. The Hall–Kier alpha value is -1.46. The second-order valence-corrected chi connectivity index (χ2v) is 3.26. The standard InChI is InChI=1S/C10H12O5/c1-15-9(13)3-5-10(14)4-2-7(11)6-8(10)12/h2-5,8,12,14H,6H2,1H3/b5-3+/t8-,10-/m0/s1. The van der Waals surface area contributed by atoms with E-state index in [1.165, 1.54) is 13.2 Å². The number of rotatable bonds is 2. The third-order valence-electron chi connectivity index (χ3n) is 2.15. The number of ether oxygens (including phenoxy) is 1. The normalized spacial score (nSPS) is 30.9. The molecule has 82 valence electrons. The van der Waals surface area contributed by atoms with E-state index in [9.17, 15) is 19.8 Å². The van der Waals surface area contributed by atoms with Crippen molar-refractivity contribution in [3.8, 4) is 0 Å². The van der Waals surface area contributed by atoms with E-state index in [0.29, 0.717) is 0 Å². The largest absolute Gasteiger partial charge is 0.466 e. The van der Waals surface area contributed by atoms with Gasteiger partial charge in [-0.2, -0.15) is 0 Å². The van der Waals surface area contributed by atoms with Crippen molar-refractivity contribution in [1.29, 1.82) is 0 Å². The highest BCUT2D eigenvalue weighted by Crippen LogP contribution is 2.22. The Morgan fingerprint density at radius 3 is 2.93 bits per heavy atom. The maximum Gasteiger partial charge on any atom is 0.330 e. The molecular weight excluding hydrogens is 200 g/mol. The molecule has 0 aromatic rings. The van der Waals surface area contributed by atoms with E-state index in [0.717, 1.165) is 18.2 Å². The van der Waals surface area contributed by atoms with Gasteiger partial charge in [-0.1, -0.05) is 0 Å². The summed E-state index contributed by atoms with van der Waals surface area (Å²) < 4.78 is 4.33. The van der Waals surface area contributed by atoms with Crippen LogP contribution >= 0.6 is 0 Å². The van der Waals surface area contributed by atoms with E-state index in [1.807, 2.05) is 0 Å². The summed E-state index contributed by atoms with van der Waals surface area (Å²) in [5.74, 6) is -0.903. The number of ketones is 1. The van der Waals surface area contributed by atoms with Crippen LogP contribution in [-0.2, 0) is 14.3 Å². The van der Waals surface area contributed by atoms with Gasteiger partial charge in [0.15, 0.2) is 5.78 Å². The number of allylic oxidation sites excluding steroid dienone is 1. The van der Waals surface area contributed by atoms with Gasteiger partial charge in [-0.25, -0.2) is 4.79 Å². The van der Waals surface area contributed by atoms with Crippen molar-refractivity contribution in [3.05, 3.63) is 24.3 Å². The van der Waals surface area contributed by atoms with Crippen LogP contribution in [0.3, 0.4) is 0 Å². The molecule has 5 nitrogen and oxygen atoms in total. The Balaban J connectivity index is 2.82. The SMILES string of the molecule is COC(=O)/C=C/[C@@]1(O)C=CC(=O)C[C@@H]1O. The summed E-state index contributed by atoms with van der Waals surface area (Å²) in [6, 6.07) is 0. The summed E-state index contributed by atoms with van der Waals surface area (Å²) in [7, 11) is 1.20. The van der Waals surface area contributed by atoms with E-state index < -0.39 is 17.7 Å². The molecule has 0 bridgehead atoms. The Kier molecular flexibility index (Phi) is 3.39. The van der Waals surface area contributed by atoms with Gasteiger partial charge in [0.05, 0.1) is 13.2 Å². The molecule has 2 N–H and O–H groups in total. The van der Waals surface area contributed by atoms with Crippen LogP contribution in [0.5, 0.6) is 0 Å². The summed E-state index contributed by atoms with van der Waals surface area (Å²) >= 11 is 0. The molecule has 0 aromatic carbocycles. The van der Waals surface area contributed by atoms with Gasteiger partial charge in [0.2, 0.25) is 0 Å². The summed E-state index contributed by atoms with van der Waals surface area (Å²) in [6.07, 6.45) is 3.03. The lowest BCUT2D eigenvalue weighted by Gasteiger charge is -2.28. The van der Waals surface area contributed by atoms with Gasteiger partial charge in [0.25, 0.3) is 0 Å². The molecule has 1 rings (SSSR count). The Bertz CT molecular complexity index is 331. The smallest absolute Gasteiger partial charge is 0.330 e. The highest BCUT2D eigenvalue weighted by molar-refractivity contribution is 5.91. The minimum absolute atomic E-state index is 0.168. The Morgan fingerprint density at radius 1 is 1.73 bits per heavy atom. The molecule has 0 aliphatic heterocycles. The van der Waals surface area contributed by atoms with Crippen LogP contribution in [0.15, 0.2) is 24.3 Å². The van der Waals surface area contributed by atoms with Gasteiger partial charge < -0.3 is 14.9 Å². The number of carbonyl (C=O) groups excluding carboxylic acids is 2. The number of aliphatic hydroxyl groups is 2. The number of carbonyl (C=O) groups is 2. The minimum atomic E-state index is -1.68. The number of methoxy groups -OCH3 is 1. The van der Waals surface area contributed by atoms with Crippen molar-refractivity contribution in [2.75, 3.05) is 7.11 Å². The highest BCUT2D eigenvalue weighted by atomic mass is 16.5. The lowest BCUT2D eigenvalue weighted by atomic mass is 9.87. The number of aliphatic hydroxyl groups excluding tert-OH is 1. The van der Waals surface area contributed by atoms with Gasteiger partial charge in [-0.05, 0) is 18.2 Å². The van der Waals surface area contributed by atoms with Crippen LogP contribution in [0.1, 0.15) is 6.42 Å². The lowest BCUT2D eigenvalue weighted by molar-refractivity contribution is -0.135. The average Bonchev–Trinajstić information content (AvgIpc) is 2.21. The van der Waals surface area contributed by atoms with Crippen LogP contribution < -0.4 is 0 Å². The molecule has 0 radical (unpaired) electrons. The monoisotopic (exact) mass is 212 g/mol. The van der Waals surface area contributed by atoms with Crippen LogP contribution in [0.25, 0.3) is 0 Å². The van der Waals surface area contributed by atoms with Crippen LogP contribution in [-0.4, -0.2) is 40.8 Å². The average molecular weight is 212 g/mol. The second-order valence-electron chi connectivity index (χ2n) is 3.26. The molecule has 0 saturated carbocycles. The van der Waals surface area contributed by atoms with E-state index in [2.05, 4.69) is 4.74 Å². The first-order valence-electron chi connectivity index (χ1n) is 4.37. The first-order chi connectivity index (χ1) is 6.98. The lowest BCUT2D eigenvalue weighted by Crippen LogP contribution is -2.42. The molecule has 0 fully saturated rings. The fraction of sp³-hybridized carbons (Fsp3) is 0.400. The maximum absolute atomic E-state index is 10.9. The molecule has 15 heavy (non-hydrogen) atoms. The third kappa shape index (κ3) is 2.74. The molecule has 5 heteroatoms. The highest BCUT2D eigenvalue weighted by Gasteiger charge is 2.34.